The second kappa shape index (κ2) is 9.09. The Morgan fingerprint density at radius 3 is 2.30 bits per heavy atom. The van der Waals surface area contributed by atoms with Crippen molar-refractivity contribution in [3.63, 3.8) is 0 Å². The Balaban J connectivity index is 1.59. The molecule has 3 aromatic rings. The summed E-state index contributed by atoms with van der Waals surface area (Å²) < 4.78 is 52.2. The zero-order valence-corrected chi connectivity index (χ0v) is 17.4. The Bertz CT molecular complexity index is 1150. The minimum atomic E-state index is -4.44. The van der Waals surface area contributed by atoms with Crippen LogP contribution in [-0.2, 0) is 22.2 Å². The number of aryl methyl sites for hydroxylation is 1. The third-order valence-electron chi connectivity index (χ3n) is 5.56. The summed E-state index contributed by atoms with van der Waals surface area (Å²) in [5.74, 6) is -0.893. The molecule has 0 radical (unpaired) electrons. The molecule has 0 saturated carbocycles. The van der Waals surface area contributed by atoms with Gasteiger partial charge in [0.2, 0.25) is 11.8 Å². The van der Waals surface area contributed by atoms with Gasteiger partial charge in [0.25, 0.3) is 0 Å². The van der Waals surface area contributed by atoms with E-state index in [0.717, 1.165) is 17.7 Å². The van der Waals surface area contributed by atoms with E-state index in [-0.39, 0.29) is 24.1 Å². The third-order valence-corrected chi connectivity index (χ3v) is 5.56. The Morgan fingerprint density at radius 2 is 1.70 bits per heavy atom. The highest BCUT2D eigenvalue weighted by atomic mass is 19.4. The molecule has 9 heteroatoms. The van der Waals surface area contributed by atoms with Gasteiger partial charge < -0.3 is 15.6 Å². The van der Waals surface area contributed by atoms with E-state index >= 15 is 0 Å². The fourth-order valence-corrected chi connectivity index (χ4v) is 3.81. The standard InChI is InChI=1S/C24H21F4N3O2/c25-18-8-3-14(4-9-18)20-13-16(5-10-21(32)30-19-11-12-29-23(19)33)22(31-20)15-1-6-17(7-2-15)24(26,27)28/h1-4,6-9,13,19,31H,5,10-12H2,(H,29,33)(H,30,32). The molecule has 5 nitrogen and oxygen atoms in total. The highest BCUT2D eigenvalue weighted by Crippen LogP contribution is 2.33. The van der Waals surface area contributed by atoms with E-state index in [0.29, 0.717) is 41.9 Å². The second-order valence-electron chi connectivity index (χ2n) is 7.87. The summed E-state index contributed by atoms with van der Waals surface area (Å²) in [6.45, 7) is 0.515. The molecule has 1 unspecified atom stereocenters. The van der Waals surface area contributed by atoms with Crippen molar-refractivity contribution in [2.75, 3.05) is 6.54 Å². The predicted molar refractivity (Wildman–Crippen MR) is 115 cm³/mol. The summed E-state index contributed by atoms with van der Waals surface area (Å²) in [5.41, 5.74) is 2.42. The zero-order chi connectivity index (χ0) is 23.6. The molecule has 0 bridgehead atoms. The molecular formula is C24H21F4N3O2. The summed E-state index contributed by atoms with van der Waals surface area (Å²) in [4.78, 5) is 27.2. The molecule has 2 aromatic carbocycles. The van der Waals surface area contributed by atoms with Crippen molar-refractivity contribution in [3.05, 3.63) is 71.5 Å². The van der Waals surface area contributed by atoms with Crippen LogP contribution in [0.1, 0.15) is 24.0 Å². The lowest BCUT2D eigenvalue weighted by atomic mass is 10.0. The number of benzene rings is 2. The minimum Gasteiger partial charge on any atom is -0.354 e. The number of H-pyrrole nitrogens is 1. The van der Waals surface area contributed by atoms with Crippen molar-refractivity contribution >= 4 is 11.8 Å². The van der Waals surface area contributed by atoms with Gasteiger partial charge in [0.1, 0.15) is 11.9 Å². The van der Waals surface area contributed by atoms with E-state index in [9.17, 15) is 27.2 Å². The average Bonchev–Trinajstić information content (AvgIpc) is 3.38. The molecule has 3 N–H and O–H groups in total. The molecule has 1 aliphatic rings. The lowest BCUT2D eigenvalue weighted by molar-refractivity contribution is -0.137. The van der Waals surface area contributed by atoms with Gasteiger partial charge in [-0.2, -0.15) is 13.2 Å². The van der Waals surface area contributed by atoms with Gasteiger partial charge in [0, 0.05) is 24.4 Å². The topological polar surface area (TPSA) is 74.0 Å². The molecule has 2 heterocycles. The number of carbonyl (C=O) groups excluding carboxylic acids is 2. The van der Waals surface area contributed by atoms with Crippen molar-refractivity contribution in [2.45, 2.75) is 31.5 Å². The van der Waals surface area contributed by atoms with Crippen molar-refractivity contribution in [2.24, 2.45) is 0 Å². The monoisotopic (exact) mass is 459 g/mol. The van der Waals surface area contributed by atoms with Crippen LogP contribution in [0.3, 0.4) is 0 Å². The van der Waals surface area contributed by atoms with Crippen molar-refractivity contribution in [3.8, 4) is 22.5 Å². The Hall–Kier alpha value is -3.62. The predicted octanol–water partition coefficient (Wildman–Crippen LogP) is 4.44. The van der Waals surface area contributed by atoms with Crippen molar-refractivity contribution in [1.82, 2.24) is 15.6 Å². The number of alkyl halides is 3. The molecule has 33 heavy (non-hydrogen) atoms. The highest BCUT2D eigenvalue weighted by Gasteiger charge is 2.30. The van der Waals surface area contributed by atoms with Gasteiger partial charge in [-0.25, -0.2) is 4.39 Å². The fraction of sp³-hybridized carbons (Fsp3) is 0.250. The molecule has 1 atom stereocenters. The number of halogens is 4. The van der Waals surface area contributed by atoms with Crippen LogP contribution in [0, 0.1) is 5.82 Å². The maximum Gasteiger partial charge on any atom is 0.416 e. The Kier molecular flexibility index (Phi) is 6.22. The fourth-order valence-electron chi connectivity index (χ4n) is 3.81. The van der Waals surface area contributed by atoms with E-state index in [1.807, 2.05) is 0 Å². The van der Waals surface area contributed by atoms with Crippen LogP contribution in [0.5, 0.6) is 0 Å². The van der Waals surface area contributed by atoms with Gasteiger partial charge >= 0.3 is 6.18 Å². The van der Waals surface area contributed by atoms with Crippen LogP contribution in [0.25, 0.3) is 22.5 Å². The molecule has 0 aliphatic carbocycles. The lowest BCUT2D eigenvalue weighted by Crippen LogP contribution is -2.40. The smallest absolute Gasteiger partial charge is 0.354 e. The van der Waals surface area contributed by atoms with Gasteiger partial charge in [-0.3, -0.25) is 9.59 Å². The Labute approximate surface area is 187 Å². The summed E-state index contributed by atoms with van der Waals surface area (Å²) in [6.07, 6.45) is -3.52. The maximum absolute atomic E-state index is 13.3. The van der Waals surface area contributed by atoms with Crippen LogP contribution in [-0.4, -0.2) is 29.4 Å². The summed E-state index contributed by atoms with van der Waals surface area (Å²) >= 11 is 0. The lowest BCUT2D eigenvalue weighted by Gasteiger charge is -2.10. The number of aromatic amines is 1. The van der Waals surface area contributed by atoms with Crippen molar-refractivity contribution in [1.29, 1.82) is 0 Å². The SMILES string of the molecule is O=C(CCc1cc(-c2ccc(F)cc2)[nH]c1-c1ccc(C(F)(F)F)cc1)NC1CCNC1=O. The van der Waals surface area contributed by atoms with Gasteiger partial charge in [-0.1, -0.05) is 12.1 Å². The molecule has 1 aliphatic heterocycles. The molecular weight excluding hydrogens is 438 g/mol. The first-order valence-corrected chi connectivity index (χ1v) is 10.4. The largest absolute Gasteiger partial charge is 0.416 e. The number of rotatable bonds is 6. The number of aromatic nitrogens is 1. The first-order valence-electron chi connectivity index (χ1n) is 10.4. The van der Waals surface area contributed by atoms with Crippen LogP contribution in [0.2, 0.25) is 0 Å². The molecule has 4 rings (SSSR count). The van der Waals surface area contributed by atoms with E-state index in [1.54, 1.807) is 18.2 Å². The quantitative estimate of drug-likeness (QED) is 0.477. The maximum atomic E-state index is 13.3. The number of amides is 2. The number of nitrogens with one attached hydrogen (secondary N) is 3. The number of hydrogen-bond donors (Lipinski definition) is 3. The average molecular weight is 459 g/mol. The van der Waals surface area contributed by atoms with Gasteiger partial charge in [-0.05, 0) is 72.0 Å². The molecule has 0 spiro atoms. The van der Waals surface area contributed by atoms with Crippen LogP contribution in [0.4, 0.5) is 17.6 Å². The van der Waals surface area contributed by atoms with Crippen LogP contribution < -0.4 is 10.6 Å². The van der Waals surface area contributed by atoms with E-state index in [1.165, 1.54) is 24.3 Å². The summed E-state index contributed by atoms with van der Waals surface area (Å²) in [7, 11) is 0. The van der Waals surface area contributed by atoms with E-state index < -0.39 is 17.8 Å². The number of carbonyl (C=O) groups is 2. The molecule has 2 amide bonds. The van der Waals surface area contributed by atoms with E-state index in [2.05, 4.69) is 15.6 Å². The normalized spacial score (nSPS) is 16.0. The summed E-state index contributed by atoms with van der Waals surface area (Å²) in [5, 5.41) is 5.35. The van der Waals surface area contributed by atoms with Crippen LogP contribution >= 0.6 is 0 Å². The molecule has 1 aromatic heterocycles. The molecule has 172 valence electrons. The van der Waals surface area contributed by atoms with Gasteiger partial charge in [0.15, 0.2) is 0 Å². The van der Waals surface area contributed by atoms with E-state index in [4.69, 9.17) is 0 Å². The van der Waals surface area contributed by atoms with Crippen LogP contribution in [0.15, 0.2) is 54.6 Å². The summed E-state index contributed by atoms with van der Waals surface area (Å²) in [6, 6.07) is 11.8. The van der Waals surface area contributed by atoms with Gasteiger partial charge in [0.05, 0.1) is 5.56 Å². The Morgan fingerprint density at radius 1 is 1.03 bits per heavy atom. The molecule has 1 fully saturated rings. The minimum absolute atomic E-state index is 0.0954. The second-order valence-corrected chi connectivity index (χ2v) is 7.87. The molecule has 1 saturated heterocycles. The first kappa shape index (κ1) is 22.6. The third kappa shape index (κ3) is 5.24. The van der Waals surface area contributed by atoms with Gasteiger partial charge in [-0.15, -0.1) is 0 Å². The first-order chi connectivity index (χ1) is 15.7. The van der Waals surface area contributed by atoms with Crippen molar-refractivity contribution < 1.29 is 27.2 Å². The highest BCUT2D eigenvalue weighted by molar-refractivity contribution is 5.89. The zero-order valence-electron chi connectivity index (χ0n) is 17.4. The number of hydrogen-bond acceptors (Lipinski definition) is 2.